The molecule has 0 aromatic carbocycles. The highest BCUT2D eigenvalue weighted by Crippen LogP contribution is 2.39. The summed E-state index contributed by atoms with van der Waals surface area (Å²) < 4.78 is 2.09. The third kappa shape index (κ3) is 2.51. The third-order valence-electron chi connectivity index (χ3n) is 5.80. The molecular formula is C19H26N4O. The smallest absolute Gasteiger partial charge is 0.223 e. The molecular weight excluding hydrogens is 300 g/mol. The summed E-state index contributed by atoms with van der Waals surface area (Å²) in [5, 5.41) is 6.69. The summed E-state index contributed by atoms with van der Waals surface area (Å²) in [6.45, 7) is 8.31. The molecule has 1 amide bonds. The van der Waals surface area contributed by atoms with Gasteiger partial charge in [-0.2, -0.15) is 0 Å². The second-order valence-corrected chi connectivity index (χ2v) is 7.99. The van der Waals surface area contributed by atoms with Gasteiger partial charge in [-0.05, 0) is 70.2 Å². The van der Waals surface area contributed by atoms with Crippen molar-refractivity contribution in [3.63, 3.8) is 0 Å². The van der Waals surface area contributed by atoms with Gasteiger partial charge in [-0.15, -0.1) is 0 Å². The summed E-state index contributed by atoms with van der Waals surface area (Å²) in [6, 6.07) is 4.11. The number of carbonyl (C=O) groups excluding carboxylic acids is 1. The van der Waals surface area contributed by atoms with E-state index in [0.29, 0.717) is 11.8 Å². The number of fused-ring (bicyclic) bond motifs is 2. The molecule has 4 rings (SSSR count). The minimum atomic E-state index is -0.493. The van der Waals surface area contributed by atoms with E-state index in [1.165, 1.54) is 5.56 Å². The molecule has 5 nitrogen and oxygen atoms in total. The van der Waals surface area contributed by atoms with Crippen LogP contribution in [0.15, 0.2) is 24.5 Å². The molecule has 0 bridgehead atoms. The molecule has 1 aliphatic heterocycles. The first-order chi connectivity index (χ1) is 11.5. The summed E-state index contributed by atoms with van der Waals surface area (Å²) in [6.07, 6.45) is 5.94. The fourth-order valence-corrected chi connectivity index (χ4v) is 4.47. The number of aromatic nitrogens is 2. The number of aryl methyl sites for hydroxylation is 1. The van der Waals surface area contributed by atoms with E-state index in [1.807, 2.05) is 32.3 Å². The number of hydrogen-bond donors (Lipinski definition) is 2. The maximum Gasteiger partial charge on any atom is 0.223 e. The van der Waals surface area contributed by atoms with Gasteiger partial charge in [-0.25, -0.2) is 4.98 Å². The Morgan fingerprint density at radius 2 is 2.04 bits per heavy atom. The Labute approximate surface area is 142 Å². The fraction of sp³-hybridized carbons (Fsp3) is 0.579. The van der Waals surface area contributed by atoms with E-state index >= 15 is 0 Å². The lowest BCUT2D eigenvalue weighted by Gasteiger charge is -2.27. The van der Waals surface area contributed by atoms with Crippen LogP contribution in [0.25, 0.3) is 5.52 Å². The molecule has 24 heavy (non-hydrogen) atoms. The summed E-state index contributed by atoms with van der Waals surface area (Å²) >= 11 is 0. The monoisotopic (exact) mass is 326 g/mol. The SMILES string of the molecule is Cc1cccn2c(C(C)(C)NC(=O)[C@@H]3C[C@H]4CNC[C@H]4C3)ncc12. The number of carbonyl (C=O) groups is 1. The first-order valence-electron chi connectivity index (χ1n) is 8.91. The van der Waals surface area contributed by atoms with E-state index in [0.717, 1.165) is 37.3 Å². The lowest BCUT2D eigenvalue weighted by molar-refractivity contribution is -0.126. The van der Waals surface area contributed by atoms with Gasteiger partial charge in [0.15, 0.2) is 0 Å². The molecule has 2 aliphatic rings. The molecule has 3 heterocycles. The summed E-state index contributed by atoms with van der Waals surface area (Å²) in [5.74, 6) is 2.57. The molecule has 2 aromatic rings. The molecule has 0 radical (unpaired) electrons. The lowest BCUT2D eigenvalue weighted by atomic mass is 9.99. The number of rotatable bonds is 3. The molecule has 0 spiro atoms. The van der Waals surface area contributed by atoms with E-state index in [2.05, 4.69) is 33.0 Å². The largest absolute Gasteiger partial charge is 0.344 e. The highest BCUT2D eigenvalue weighted by atomic mass is 16.2. The number of amides is 1. The zero-order valence-electron chi connectivity index (χ0n) is 14.7. The van der Waals surface area contributed by atoms with E-state index in [-0.39, 0.29) is 11.8 Å². The van der Waals surface area contributed by atoms with Crippen LogP contribution in [-0.4, -0.2) is 28.4 Å². The zero-order chi connectivity index (χ0) is 16.9. The van der Waals surface area contributed by atoms with Crippen LogP contribution in [0.4, 0.5) is 0 Å². The van der Waals surface area contributed by atoms with Gasteiger partial charge in [0.05, 0.1) is 17.3 Å². The molecule has 5 heteroatoms. The minimum Gasteiger partial charge on any atom is -0.344 e. The average molecular weight is 326 g/mol. The lowest BCUT2D eigenvalue weighted by Crippen LogP contribution is -2.45. The van der Waals surface area contributed by atoms with Crippen LogP contribution in [0, 0.1) is 24.7 Å². The van der Waals surface area contributed by atoms with Crippen molar-refractivity contribution in [2.45, 2.75) is 39.2 Å². The Balaban J connectivity index is 1.54. The maximum absolute atomic E-state index is 12.8. The second-order valence-electron chi connectivity index (χ2n) is 7.99. The quantitative estimate of drug-likeness (QED) is 0.909. The van der Waals surface area contributed by atoms with Gasteiger partial charge in [-0.3, -0.25) is 4.79 Å². The molecule has 0 unspecified atom stereocenters. The molecule has 2 fully saturated rings. The van der Waals surface area contributed by atoms with Crippen molar-refractivity contribution in [3.8, 4) is 0 Å². The fourth-order valence-electron chi connectivity index (χ4n) is 4.47. The normalized spacial score (nSPS) is 26.7. The van der Waals surface area contributed by atoms with Gasteiger partial charge in [0.1, 0.15) is 5.82 Å². The number of nitrogens with zero attached hydrogens (tertiary/aromatic N) is 2. The molecule has 128 valence electrons. The summed E-state index contributed by atoms with van der Waals surface area (Å²) in [7, 11) is 0. The molecule has 1 saturated carbocycles. The first kappa shape index (κ1) is 15.6. The first-order valence-corrected chi connectivity index (χ1v) is 8.91. The van der Waals surface area contributed by atoms with Crippen LogP contribution < -0.4 is 10.6 Å². The van der Waals surface area contributed by atoms with Gasteiger partial charge < -0.3 is 15.0 Å². The van der Waals surface area contributed by atoms with E-state index < -0.39 is 5.54 Å². The van der Waals surface area contributed by atoms with Crippen LogP contribution in [0.2, 0.25) is 0 Å². The topological polar surface area (TPSA) is 58.4 Å². The Bertz CT molecular complexity index is 767. The van der Waals surface area contributed by atoms with Crippen molar-refractivity contribution < 1.29 is 4.79 Å². The summed E-state index contributed by atoms with van der Waals surface area (Å²) in [5.41, 5.74) is 1.79. The highest BCUT2D eigenvalue weighted by molar-refractivity contribution is 5.80. The third-order valence-corrected chi connectivity index (χ3v) is 5.80. The number of hydrogen-bond acceptors (Lipinski definition) is 3. The van der Waals surface area contributed by atoms with Crippen LogP contribution in [0.3, 0.4) is 0 Å². The van der Waals surface area contributed by atoms with Crippen LogP contribution >= 0.6 is 0 Å². The van der Waals surface area contributed by atoms with E-state index in [9.17, 15) is 4.79 Å². The highest BCUT2D eigenvalue weighted by Gasteiger charge is 2.41. The van der Waals surface area contributed by atoms with Gasteiger partial charge in [-0.1, -0.05) is 6.07 Å². The minimum absolute atomic E-state index is 0.148. The van der Waals surface area contributed by atoms with E-state index in [4.69, 9.17) is 0 Å². The van der Waals surface area contributed by atoms with Gasteiger partial charge >= 0.3 is 0 Å². The van der Waals surface area contributed by atoms with Crippen molar-refractivity contribution in [1.29, 1.82) is 0 Å². The standard InChI is InChI=1S/C19H26N4O/c1-12-5-4-6-23-16(12)11-21-18(23)19(2,3)22-17(24)13-7-14-9-20-10-15(14)8-13/h4-6,11,13-15,20H,7-10H2,1-3H3,(H,22,24)/t13-,14+,15-. The van der Waals surface area contributed by atoms with Crippen molar-refractivity contribution in [2.24, 2.45) is 17.8 Å². The molecule has 2 aromatic heterocycles. The van der Waals surface area contributed by atoms with Crippen molar-refractivity contribution >= 4 is 11.4 Å². The maximum atomic E-state index is 12.8. The zero-order valence-corrected chi connectivity index (χ0v) is 14.7. The molecule has 1 aliphatic carbocycles. The second kappa shape index (κ2) is 5.59. The van der Waals surface area contributed by atoms with E-state index in [1.54, 1.807) is 0 Å². The van der Waals surface area contributed by atoms with Gasteiger partial charge in [0.25, 0.3) is 0 Å². The van der Waals surface area contributed by atoms with Crippen molar-refractivity contribution in [1.82, 2.24) is 20.0 Å². The van der Waals surface area contributed by atoms with Gasteiger partial charge in [0.2, 0.25) is 5.91 Å². The molecule has 1 saturated heterocycles. The number of pyridine rings is 1. The Morgan fingerprint density at radius 1 is 1.33 bits per heavy atom. The van der Waals surface area contributed by atoms with Gasteiger partial charge in [0, 0.05) is 12.1 Å². The number of imidazole rings is 1. The van der Waals surface area contributed by atoms with Crippen LogP contribution in [0.5, 0.6) is 0 Å². The molecule has 2 N–H and O–H groups in total. The van der Waals surface area contributed by atoms with Crippen LogP contribution in [-0.2, 0) is 10.3 Å². The summed E-state index contributed by atoms with van der Waals surface area (Å²) in [4.78, 5) is 17.4. The molecule has 3 atom stereocenters. The Kier molecular flexibility index (Phi) is 3.64. The van der Waals surface area contributed by atoms with Crippen molar-refractivity contribution in [3.05, 3.63) is 35.9 Å². The Hall–Kier alpha value is -1.88. The predicted octanol–water partition coefficient (Wildman–Crippen LogP) is 2.24. The Morgan fingerprint density at radius 3 is 2.75 bits per heavy atom. The average Bonchev–Trinajstić information content (AvgIpc) is 3.21. The predicted molar refractivity (Wildman–Crippen MR) is 93.7 cm³/mol. The van der Waals surface area contributed by atoms with Crippen molar-refractivity contribution in [2.75, 3.05) is 13.1 Å². The number of nitrogens with one attached hydrogen (secondary N) is 2. The van der Waals surface area contributed by atoms with Crippen LogP contribution in [0.1, 0.15) is 38.1 Å².